The maximum absolute atomic E-state index is 12.9. The van der Waals surface area contributed by atoms with Crippen molar-refractivity contribution in [1.82, 2.24) is 4.98 Å². The number of ether oxygens (including phenoxy) is 3. The fourth-order valence-electron chi connectivity index (χ4n) is 3.19. The number of fused-ring (bicyclic) bond motifs is 1. The van der Waals surface area contributed by atoms with Crippen LogP contribution in [-0.2, 0) is 9.53 Å². The number of para-hydroxylation sites is 1. The van der Waals surface area contributed by atoms with E-state index < -0.39 is 12.1 Å². The smallest absolute Gasteiger partial charge is 0.331 e. The molecule has 0 fully saturated rings. The van der Waals surface area contributed by atoms with E-state index in [1.54, 1.807) is 45.4 Å². The number of aromatic nitrogens is 1. The Labute approximate surface area is 169 Å². The summed E-state index contributed by atoms with van der Waals surface area (Å²) in [6.45, 7) is 3.40. The highest BCUT2D eigenvalue weighted by Crippen LogP contribution is 2.26. The van der Waals surface area contributed by atoms with Crippen LogP contribution in [0, 0.1) is 6.92 Å². The van der Waals surface area contributed by atoms with Gasteiger partial charge in [0.05, 0.1) is 14.2 Å². The van der Waals surface area contributed by atoms with Crippen molar-refractivity contribution in [2.45, 2.75) is 20.0 Å². The first-order chi connectivity index (χ1) is 13.9. The largest absolute Gasteiger partial charge is 0.497 e. The van der Waals surface area contributed by atoms with Crippen LogP contribution in [0.1, 0.15) is 28.5 Å². The van der Waals surface area contributed by atoms with E-state index in [1.165, 1.54) is 6.08 Å². The minimum atomic E-state index is -0.919. The SMILES string of the molecule is COc1ccc(OC)c(/C=C/C(=O)OC(C)C(=O)c2c(C)[nH]c3ccccc23)c1. The van der Waals surface area contributed by atoms with Gasteiger partial charge in [-0.05, 0) is 44.2 Å². The number of H-pyrrole nitrogens is 1. The second-order valence-corrected chi connectivity index (χ2v) is 6.56. The zero-order chi connectivity index (χ0) is 21.0. The van der Waals surface area contributed by atoms with Crippen LogP contribution in [0.5, 0.6) is 11.5 Å². The summed E-state index contributed by atoms with van der Waals surface area (Å²) in [7, 11) is 3.10. The minimum absolute atomic E-state index is 0.249. The highest BCUT2D eigenvalue weighted by molar-refractivity contribution is 6.11. The molecule has 0 bridgehead atoms. The van der Waals surface area contributed by atoms with Gasteiger partial charge in [0, 0.05) is 33.8 Å². The number of carbonyl (C=O) groups excluding carboxylic acids is 2. The third-order valence-corrected chi connectivity index (χ3v) is 4.64. The van der Waals surface area contributed by atoms with Gasteiger partial charge < -0.3 is 19.2 Å². The number of aryl methyl sites for hydroxylation is 1. The molecule has 6 nitrogen and oxygen atoms in total. The number of hydrogen-bond acceptors (Lipinski definition) is 5. The van der Waals surface area contributed by atoms with Crippen LogP contribution < -0.4 is 9.47 Å². The average Bonchev–Trinajstić information content (AvgIpc) is 3.06. The van der Waals surface area contributed by atoms with Gasteiger partial charge in [0.2, 0.25) is 5.78 Å². The molecule has 1 aromatic heterocycles. The number of Topliss-reactive ketones (excluding diaryl/α,β-unsaturated/α-hetero) is 1. The molecule has 0 radical (unpaired) electrons. The topological polar surface area (TPSA) is 77.6 Å². The lowest BCUT2D eigenvalue weighted by Gasteiger charge is -2.11. The lowest BCUT2D eigenvalue weighted by molar-refractivity contribution is -0.140. The predicted molar refractivity (Wildman–Crippen MR) is 112 cm³/mol. The Morgan fingerprint density at radius 1 is 1.07 bits per heavy atom. The summed E-state index contributed by atoms with van der Waals surface area (Å²) in [4.78, 5) is 28.3. The molecule has 6 heteroatoms. The molecule has 0 aliphatic carbocycles. The summed E-state index contributed by atoms with van der Waals surface area (Å²) in [6, 6.07) is 12.8. The number of nitrogens with one attached hydrogen (secondary N) is 1. The van der Waals surface area contributed by atoms with Crippen molar-refractivity contribution in [3.63, 3.8) is 0 Å². The lowest BCUT2D eigenvalue weighted by atomic mass is 10.0. The number of ketones is 1. The molecule has 1 atom stereocenters. The van der Waals surface area contributed by atoms with Crippen molar-refractivity contribution in [3.8, 4) is 11.5 Å². The van der Waals surface area contributed by atoms with Crippen LogP contribution in [-0.4, -0.2) is 37.1 Å². The Morgan fingerprint density at radius 2 is 1.83 bits per heavy atom. The van der Waals surface area contributed by atoms with Crippen LogP contribution in [0.3, 0.4) is 0 Å². The molecule has 3 rings (SSSR count). The molecule has 3 aromatic rings. The Bertz CT molecular complexity index is 1080. The van der Waals surface area contributed by atoms with E-state index in [2.05, 4.69) is 4.98 Å². The van der Waals surface area contributed by atoms with Crippen LogP contribution in [0.4, 0.5) is 0 Å². The van der Waals surface area contributed by atoms with E-state index in [0.29, 0.717) is 22.6 Å². The van der Waals surface area contributed by atoms with Crippen LogP contribution in [0.25, 0.3) is 17.0 Å². The van der Waals surface area contributed by atoms with Gasteiger partial charge in [-0.2, -0.15) is 0 Å². The van der Waals surface area contributed by atoms with Crippen molar-refractivity contribution < 1.29 is 23.8 Å². The first-order valence-electron chi connectivity index (χ1n) is 9.16. The highest BCUT2D eigenvalue weighted by Gasteiger charge is 2.23. The Kier molecular flexibility index (Phi) is 6.02. The molecular weight excluding hydrogens is 370 g/mol. The minimum Gasteiger partial charge on any atom is -0.497 e. The fourth-order valence-corrected chi connectivity index (χ4v) is 3.19. The zero-order valence-electron chi connectivity index (χ0n) is 16.8. The quantitative estimate of drug-likeness (QED) is 0.367. The summed E-state index contributed by atoms with van der Waals surface area (Å²) >= 11 is 0. The summed E-state index contributed by atoms with van der Waals surface area (Å²) in [6.07, 6.45) is 1.92. The Hall–Kier alpha value is -3.54. The maximum Gasteiger partial charge on any atom is 0.331 e. The summed E-state index contributed by atoms with van der Waals surface area (Å²) in [5.41, 5.74) is 2.82. The second kappa shape index (κ2) is 8.65. The molecule has 150 valence electrons. The van der Waals surface area contributed by atoms with Crippen LogP contribution in [0.15, 0.2) is 48.5 Å². The Balaban J connectivity index is 1.74. The maximum atomic E-state index is 12.9. The first-order valence-corrected chi connectivity index (χ1v) is 9.16. The number of methoxy groups -OCH3 is 2. The average molecular weight is 393 g/mol. The number of hydrogen-bond donors (Lipinski definition) is 1. The lowest BCUT2D eigenvalue weighted by Crippen LogP contribution is -2.24. The molecule has 1 unspecified atom stereocenters. The van der Waals surface area contributed by atoms with Crippen molar-refractivity contribution in [2.75, 3.05) is 14.2 Å². The van der Waals surface area contributed by atoms with E-state index in [4.69, 9.17) is 14.2 Å². The molecule has 0 saturated carbocycles. The third-order valence-electron chi connectivity index (χ3n) is 4.64. The second-order valence-electron chi connectivity index (χ2n) is 6.56. The molecule has 29 heavy (non-hydrogen) atoms. The zero-order valence-corrected chi connectivity index (χ0v) is 16.8. The van der Waals surface area contributed by atoms with Gasteiger partial charge in [0.1, 0.15) is 11.5 Å². The van der Waals surface area contributed by atoms with Gasteiger partial charge in [0.15, 0.2) is 6.10 Å². The molecule has 1 N–H and O–H groups in total. The molecule has 0 spiro atoms. The summed E-state index contributed by atoms with van der Waals surface area (Å²) < 4.78 is 15.8. The molecule has 0 saturated heterocycles. The van der Waals surface area contributed by atoms with Crippen molar-refractivity contribution in [1.29, 1.82) is 0 Å². The first kappa shape index (κ1) is 20.2. The molecule has 1 heterocycles. The van der Waals surface area contributed by atoms with E-state index in [9.17, 15) is 9.59 Å². The fraction of sp³-hybridized carbons (Fsp3) is 0.217. The van der Waals surface area contributed by atoms with Crippen molar-refractivity contribution >= 4 is 28.7 Å². The predicted octanol–water partition coefficient (Wildman–Crippen LogP) is 4.32. The molecule has 2 aromatic carbocycles. The van der Waals surface area contributed by atoms with E-state index >= 15 is 0 Å². The summed E-state index contributed by atoms with van der Waals surface area (Å²) in [5.74, 6) is 0.361. The third kappa shape index (κ3) is 4.32. The Morgan fingerprint density at radius 3 is 2.55 bits per heavy atom. The normalized spacial score (nSPS) is 12.1. The molecule has 0 aliphatic heterocycles. The van der Waals surface area contributed by atoms with E-state index in [-0.39, 0.29) is 5.78 Å². The standard InChI is InChI=1S/C23H23NO5/c1-14-22(18-7-5-6-8-19(18)24-14)23(26)15(2)29-21(25)12-9-16-13-17(27-3)10-11-20(16)28-4/h5-13,15,24H,1-4H3/b12-9+. The number of benzene rings is 2. The molecule has 0 aliphatic rings. The number of carbonyl (C=O) groups is 2. The number of aromatic amines is 1. The van der Waals surface area contributed by atoms with Crippen molar-refractivity contribution in [2.24, 2.45) is 0 Å². The summed E-state index contributed by atoms with van der Waals surface area (Å²) in [5, 5.41) is 0.814. The van der Waals surface area contributed by atoms with Gasteiger partial charge in [0.25, 0.3) is 0 Å². The molecular formula is C23H23NO5. The van der Waals surface area contributed by atoms with Gasteiger partial charge in [-0.15, -0.1) is 0 Å². The van der Waals surface area contributed by atoms with Crippen LogP contribution >= 0.6 is 0 Å². The van der Waals surface area contributed by atoms with Gasteiger partial charge in [-0.25, -0.2) is 4.79 Å². The monoisotopic (exact) mass is 393 g/mol. The van der Waals surface area contributed by atoms with Gasteiger partial charge >= 0.3 is 5.97 Å². The van der Waals surface area contributed by atoms with Gasteiger partial charge in [-0.1, -0.05) is 18.2 Å². The van der Waals surface area contributed by atoms with Crippen LogP contribution in [0.2, 0.25) is 0 Å². The molecule has 0 amide bonds. The van der Waals surface area contributed by atoms with Gasteiger partial charge in [-0.3, -0.25) is 4.79 Å². The highest BCUT2D eigenvalue weighted by atomic mass is 16.5. The van der Waals surface area contributed by atoms with Crippen molar-refractivity contribution in [3.05, 3.63) is 65.4 Å². The number of rotatable bonds is 7. The van der Waals surface area contributed by atoms with E-state index in [1.807, 2.05) is 31.2 Å². The number of esters is 1. The van der Waals surface area contributed by atoms with E-state index in [0.717, 1.165) is 16.6 Å².